The van der Waals surface area contributed by atoms with Gasteiger partial charge in [0.05, 0.1) is 65.1 Å². The van der Waals surface area contributed by atoms with Crippen molar-refractivity contribution in [3.63, 3.8) is 0 Å². The van der Waals surface area contributed by atoms with E-state index in [-0.39, 0.29) is 66.7 Å². The minimum absolute atomic E-state index is 0.101. The molecule has 0 bridgehead atoms. The molecule has 28 nitrogen and oxygen atoms in total. The zero-order valence-electron chi connectivity index (χ0n) is 66.4. The van der Waals surface area contributed by atoms with Crippen LogP contribution in [-0.2, 0) is 78.4 Å². The number of methoxy groups -OCH3 is 2. The molecule has 0 spiro atoms. The first kappa shape index (κ1) is 89.5. The van der Waals surface area contributed by atoms with E-state index in [9.17, 15) is 67.4 Å². The highest BCUT2D eigenvalue weighted by atomic mass is 32.2. The van der Waals surface area contributed by atoms with Crippen LogP contribution in [0.3, 0.4) is 0 Å². The molecule has 1 fully saturated rings. The van der Waals surface area contributed by atoms with Gasteiger partial charge in [0.1, 0.15) is 24.7 Å². The topological polar surface area (TPSA) is 349 Å². The fourth-order valence-corrected chi connectivity index (χ4v) is 15.6. The fourth-order valence-electron chi connectivity index (χ4n) is 13.8. The molecule has 6 N–H and O–H groups in total. The molecule has 10 unspecified atom stereocenters. The molecule has 30 heteroatoms. The third-order valence-electron chi connectivity index (χ3n) is 20.4. The number of amides is 13. The van der Waals surface area contributed by atoms with E-state index in [1.54, 1.807) is 157 Å². The van der Waals surface area contributed by atoms with Gasteiger partial charge in [-0.25, -0.2) is 4.79 Å². The van der Waals surface area contributed by atoms with Crippen LogP contribution in [0.1, 0.15) is 125 Å². The van der Waals surface area contributed by atoms with Gasteiger partial charge in [0.2, 0.25) is 47.3 Å². The largest absolute Gasteiger partial charge is 0.445 e. The Morgan fingerprint density at radius 3 is 1.67 bits per heavy atom. The van der Waals surface area contributed by atoms with Crippen molar-refractivity contribution in [2.24, 2.45) is 29.6 Å². The molecule has 13 amide bonds. The van der Waals surface area contributed by atoms with Crippen LogP contribution in [0.25, 0.3) is 0 Å². The first-order chi connectivity index (χ1) is 53.3. The van der Waals surface area contributed by atoms with Crippen LogP contribution in [0.15, 0.2) is 147 Å². The Bertz CT molecular complexity index is 3930. The lowest BCUT2D eigenvalue weighted by molar-refractivity contribution is -0.148. The normalized spacial score (nSPS) is 17.0. The molecule has 3 aliphatic heterocycles. The number of nitrogens with one attached hydrogen (secondary N) is 5. The average Bonchev–Trinajstić information content (AvgIpc) is 1.24. The molecule has 0 aromatic heterocycles. The highest BCUT2D eigenvalue weighted by Gasteiger charge is 2.45. The van der Waals surface area contributed by atoms with Crippen molar-refractivity contribution in [1.82, 2.24) is 50.7 Å². The number of carbonyl (C=O) groups is 13. The molecule has 7 rings (SSSR count). The van der Waals surface area contributed by atoms with Crippen LogP contribution < -0.4 is 26.6 Å². The monoisotopic (exact) mass is 1580 g/mol. The third kappa shape index (κ3) is 24.4. The summed E-state index contributed by atoms with van der Waals surface area (Å²) in [5.41, 5.74) is 1.51. The van der Waals surface area contributed by atoms with Crippen molar-refractivity contribution in [2.45, 2.75) is 179 Å². The number of thioether (sulfide) groups is 2. The van der Waals surface area contributed by atoms with E-state index >= 15 is 0 Å². The maximum atomic E-state index is 14.8. The van der Waals surface area contributed by atoms with E-state index in [2.05, 4.69) is 26.6 Å². The summed E-state index contributed by atoms with van der Waals surface area (Å²) >= 11 is 2.24. The van der Waals surface area contributed by atoms with Gasteiger partial charge in [-0.2, -0.15) is 0 Å². The number of ether oxygens (including phenoxy) is 3. The lowest BCUT2D eigenvalue weighted by Crippen LogP contribution is -2.60. The molecular weight excluding hydrogens is 1480 g/mol. The Morgan fingerprint density at radius 1 is 0.616 bits per heavy atom. The second-order valence-electron chi connectivity index (χ2n) is 29.4. The highest BCUT2D eigenvalue weighted by molar-refractivity contribution is 8.04. The molecule has 4 aromatic carbocycles. The standard InChI is InChI=1S/C82H109N11O17S2/c1-15-52(8)73(61(108-13)44-67(97)91-39-25-32-60(91)75(109-14)53(9)76(101)84-54(10)74(100)56-26-19-16-20-27-56)88(11)81(106)71(50(4)5)87-78(103)72(51(6)7)89(12)82(107)110-48-55-33-35-57(36-34-55)85-65(95)47-83-77(102)70(49(2)3)86-64(94)37-38-66(96)90(40-42-92-68(98)45-62(79(92)104)111-58-28-21-17-22-29-58)41-43-93-69(99)46-63(80(93)105)112-59-30-23-18-24-31-59/h16-24,26-31,33-36,45-46,49-54,60-61,70-75,100H,15,25,32,37-44,47-48H2,1-14H3,(H,83,102)(H,84,101)(H,85,95)(H,86,94)(H,87,103)/t52?,53?,54?,60?,61?,70?,71-,72?,73?,74?,75?/m0/s1. The van der Waals surface area contributed by atoms with Crippen molar-refractivity contribution < 1.29 is 81.6 Å². The second-order valence-corrected chi connectivity index (χ2v) is 31.6. The van der Waals surface area contributed by atoms with Crippen LogP contribution in [0, 0.1) is 29.6 Å². The fraction of sp³-hybridized carbons (Fsp3) is 0.500. The SMILES string of the molecule is CCC(C)C(C(CC(=O)N1CCCC1C(OC)C(C)C(=O)NC(C)C(O)c1ccccc1)OC)N(C)C(=O)[C@@H](NC(=O)C(C(C)C)N(C)C(=O)OCc1ccc(NC(=O)CNC(=O)C(NC(=O)CCC(=O)N(CCN2C(=O)C=C(Sc3ccccc3)C2=O)CCN2C(=O)C=C(Sc3ccccc3)C2=O)C(C)C)cc1)C(C)C. The first-order valence-electron chi connectivity index (χ1n) is 38.0. The Labute approximate surface area is 664 Å². The minimum atomic E-state index is -1.14. The summed E-state index contributed by atoms with van der Waals surface area (Å²) < 4.78 is 17.8. The van der Waals surface area contributed by atoms with Crippen molar-refractivity contribution in [1.29, 1.82) is 0 Å². The number of nitrogens with zero attached hydrogens (tertiary/aromatic N) is 6. The van der Waals surface area contributed by atoms with Gasteiger partial charge in [0, 0.05) is 102 Å². The predicted octanol–water partition coefficient (Wildman–Crippen LogP) is 7.47. The van der Waals surface area contributed by atoms with Crippen LogP contribution in [-0.4, -0.2) is 228 Å². The lowest BCUT2D eigenvalue weighted by Gasteiger charge is -2.41. The first-order valence-corrected chi connectivity index (χ1v) is 39.6. The van der Waals surface area contributed by atoms with E-state index in [1.165, 1.54) is 43.2 Å². The summed E-state index contributed by atoms with van der Waals surface area (Å²) in [6, 6.07) is 28.3. The molecular formula is C82H109N11O17S2. The Balaban J connectivity index is 0.879. The number of benzene rings is 4. The molecule has 0 saturated carbocycles. The van der Waals surface area contributed by atoms with Gasteiger partial charge in [-0.05, 0) is 91.0 Å². The molecule has 606 valence electrons. The number of likely N-dealkylation sites (tertiary alicyclic amines) is 1. The van der Waals surface area contributed by atoms with Gasteiger partial charge >= 0.3 is 6.09 Å². The summed E-state index contributed by atoms with van der Waals surface area (Å²) in [6.45, 7) is 16.7. The van der Waals surface area contributed by atoms with Crippen molar-refractivity contribution in [3.8, 4) is 0 Å². The third-order valence-corrected chi connectivity index (χ3v) is 22.4. The van der Waals surface area contributed by atoms with Crippen molar-refractivity contribution >= 4 is 106 Å². The minimum Gasteiger partial charge on any atom is -0.445 e. The number of carbonyl (C=O) groups excluding carboxylic acids is 13. The van der Waals surface area contributed by atoms with Crippen LogP contribution >= 0.6 is 23.5 Å². The predicted molar refractivity (Wildman–Crippen MR) is 423 cm³/mol. The van der Waals surface area contributed by atoms with Crippen LogP contribution in [0.4, 0.5) is 10.5 Å². The number of hydrogen-bond donors (Lipinski definition) is 6. The van der Waals surface area contributed by atoms with Gasteiger partial charge in [0.25, 0.3) is 23.6 Å². The number of rotatable bonds is 41. The lowest BCUT2D eigenvalue weighted by atomic mass is 9.89. The van der Waals surface area contributed by atoms with Gasteiger partial charge in [-0.1, -0.05) is 171 Å². The van der Waals surface area contributed by atoms with Crippen LogP contribution in [0.2, 0.25) is 0 Å². The summed E-state index contributed by atoms with van der Waals surface area (Å²) in [4.78, 5) is 188. The molecule has 0 radical (unpaired) electrons. The quantitative estimate of drug-likeness (QED) is 0.0235. The zero-order valence-corrected chi connectivity index (χ0v) is 68.0. The number of aliphatic hydroxyl groups is 1. The number of likely N-dealkylation sites (N-methyl/N-ethyl adjacent to an activating group) is 2. The number of anilines is 1. The van der Waals surface area contributed by atoms with Gasteiger partial charge in [-0.3, -0.25) is 72.2 Å². The van der Waals surface area contributed by atoms with Gasteiger partial charge in [0.15, 0.2) is 0 Å². The molecule has 4 aromatic rings. The second kappa shape index (κ2) is 42.8. The van der Waals surface area contributed by atoms with E-state index < -0.39 is 163 Å². The molecule has 0 aliphatic carbocycles. The Hall–Kier alpha value is -9.75. The number of aliphatic hydroxyl groups excluding tert-OH is 1. The maximum absolute atomic E-state index is 14.8. The summed E-state index contributed by atoms with van der Waals surface area (Å²) in [5.74, 6) is -8.74. The van der Waals surface area contributed by atoms with Crippen molar-refractivity contribution in [2.75, 3.05) is 72.9 Å². The molecule has 3 aliphatic rings. The van der Waals surface area contributed by atoms with Gasteiger partial charge < -0.3 is 60.6 Å². The summed E-state index contributed by atoms with van der Waals surface area (Å²) in [5, 5.41) is 24.7. The molecule has 11 atom stereocenters. The van der Waals surface area contributed by atoms with Gasteiger partial charge in [-0.15, -0.1) is 0 Å². The molecule has 1 saturated heterocycles. The van der Waals surface area contributed by atoms with Crippen molar-refractivity contribution in [3.05, 3.63) is 148 Å². The average molecular weight is 1580 g/mol. The van der Waals surface area contributed by atoms with E-state index in [0.717, 1.165) is 43.1 Å². The van der Waals surface area contributed by atoms with E-state index in [1.807, 2.05) is 44.2 Å². The summed E-state index contributed by atoms with van der Waals surface area (Å²) in [6.07, 6.45) is 0.161. The smallest absolute Gasteiger partial charge is 0.410 e. The van der Waals surface area contributed by atoms with Crippen LogP contribution in [0.5, 0.6) is 0 Å². The maximum Gasteiger partial charge on any atom is 0.410 e. The van der Waals surface area contributed by atoms with E-state index in [4.69, 9.17) is 14.2 Å². The van der Waals surface area contributed by atoms with E-state index in [0.29, 0.717) is 42.6 Å². The molecule has 112 heavy (non-hydrogen) atoms. The Morgan fingerprint density at radius 2 is 1.16 bits per heavy atom. The zero-order chi connectivity index (χ0) is 82.2. The number of hydrogen-bond acceptors (Lipinski definition) is 19. The Kier molecular flexibility index (Phi) is 34.2. The number of imide groups is 2. The highest BCUT2D eigenvalue weighted by Crippen LogP contribution is 2.35. The molecule has 3 heterocycles. The summed E-state index contributed by atoms with van der Waals surface area (Å²) in [7, 11) is 6.06.